The Kier molecular flexibility index (Phi) is 5.77. The van der Waals surface area contributed by atoms with Gasteiger partial charge in [-0.3, -0.25) is 4.68 Å². The number of alkyl halides is 2. The molecule has 3 heterocycles. The molecule has 0 bridgehead atoms. The molecule has 9 heteroatoms. The maximum Gasteiger partial charge on any atom is 0.280 e. The smallest absolute Gasteiger partial charge is 0.280 e. The number of rotatable bonds is 6. The quantitative estimate of drug-likeness (QED) is 0.661. The van der Waals surface area contributed by atoms with E-state index in [9.17, 15) is 8.78 Å². The molecule has 7 nitrogen and oxygen atoms in total. The van der Waals surface area contributed by atoms with Crippen LogP contribution in [0.5, 0.6) is 0 Å². The zero-order valence-electron chi connectivity index (χ0n) is 16.0. The maximum absolute atomic E-state index is 12.9. The molecule has 0 amide bonds. The summed E-state index contributed by atoms with van der Waals surface area (Å²) in [7, 11) is 0. The van der Waals surface area contributed by atoms with Gasteiger partial charge in [-0.05, 0) is 36.2 Å². The second-order valence-corrected chi connectivity index (χ2v) is 6.97. The summed E-state index contributed by atoms with van der Waals surface area (Å²) < 4.78 is 33.3. The van der Waals surface area contributed by atoms with Gasteiger partial charge in [0.1, 0.15) is 5.69 Å². The number of aryl methyl sites for hydroxylation is 1. The van der Waals surface area contributed by atoms with Crippen molar-refractivity contribution in [3.05, 3.63) is 54.1 Å². The Balaban J connectivity index is 1.52. The van der Waals surface area contributed by atoms with Gasteiger partial charge in [0.25, 0.3) is 6.43 Å². The van der Waals surface area contributed by atoms with E-state index in [2.05, 4.69) is 25.7 Å². The Morgan fingerprint density at radius 3 is 3.00 bits per heavy atom. The molecule has 0 aliphatic carbocycles. The third kappa shape index (κ3) is 4.93. The molecule has 152 valence electrons. The number of morpholine rings is 1. The Labute approximate surface area is 167 Å². The number of benzene rings is 1. The van der Waals surface area contributed by atoms with Crippen molar-refractivity contribution in [3.63, 3.8) is 0 Å². The van der Waals surface area contributed by atoms with Crippen molar-refractivity contribution in [2.24, 2.45) is 0 Å². The van der Waals surface area contributed by atoms with Crippen LogP contribution in [0.4, 0.5) is 20.4 Å². The van der Waals surface area contributed by atoms with Gasteiger partial charge >= 0.3 is 0 Å². The first-order valence-electron chi connectivity index (χ1n) is 9.42. The molecule has 29 heavy (non-hydrogen) atoms. The first-order valence-corrected chi connectivity index (χ1v) is 9.42. The van der Waals surface area contributed by atoms with Crippen molar-refractivity contribution >= 4 is 11.6 Å². The van der Waals surface area contributed by atoms with E-state index in [1.807, 2.05) is 42.2 Å². The Bertz CT molecular complexity index is 971. The molecule has 4 rings (SSSR count). The molecule has 1 fully saturated rings. The first-order chi connectivity index (χ1) is 14.1. The lowest BCUT2D eigenvalue weighted by atomic mass is 10.1. The SMILES string of the molecule is Cc1cc(Nc2nccc(C(F)F)n2)cc(-c2cnn(C[C@@H]3CNCCO3)c2)c1. The topological polar surface area (TPSA) is 76.9 Å². The van der Waals surface area contributed by atoms with E-state index < -0.39 is 6.43 Å². The minimum absolute atomic E-state index is 0.102. The van der Waals surface area contributed by atoms with Crippen molar-refractivity contribution in [1.29, 1.82) is 0 Å². The highest BCUT2D eigenvalue weighted by molar-refractivity contribution is 5.70. The van der Waals surface area contributed by atoms with Crippen LogP contribution in [-0.4, -0.2) is 45.5 Å². The van der Waals surface area contributed by atoms with Crippen LogP contribution >= 0.6 is 0 Å². The fraction of sp³-hybridized carbons (Fsp3) is 0.350. The van der Waals surface area contributed by atoms with Crippen molar-refractivity contribution in [1.82, 2.24) is 25.1 Å². The van der Waals surface area contributed by atoms with Crippen LogP contribution in [0.1, 0.15) is 17.7 Å². The molecule has 1 saturated heterocycles. The van der Waals surface area contributed by atoms with Crippen LogP contribution < -0.4 is 10.6 Å². The third-order valence-corrected chi connectivity index (χ3v) is 4.60. The predicted molar refractivity (Wildman–Crippen MR) is 105 cm³/mol. The number of aromatic nitrogens is 4. The normalized spacial score (nSPS) is 16.9. The first kappa shape index (κ1) is 19.4. The predicted octanol–water partition coefficient (Wildman–Crippen LogP) is 3.32. The zero-order chi connectivity index (χ0) is 20.2. The summed E-state index contributed by atoms with van der Waals surface area (Å²) in [5, 5.41) is 10.8. The van der Waals surface area contributed by atoms with Crippen LogP contribution in [0, 0.1) is 6.92 Å². The van der Waals surface area contributed by atoms with E-state index in [4.69, 9.17) is 4.74 Å². The second kappa shape index (κ2) is 8.62. The van der Waals surface area contributed by atoms with Gasteiger partial charge in [0.2, 0.25) is 5.95 Å². The Morgan fingerprint density at radius 1 is 1.31 bits per heavy atom. The Hall–Kier alpha value is -2.91. The summed E-state index contributed by atoms with van der Waals surface area (Å²) in [6, 6.07) is 7.08. The van der Waals surface area contributed by atoms with Crippen LogP contribution in [0.2, 0.25) is 0 Å². The molecule has 1 aromatic carbocycles. The maximum atomic E-state index is 12.9. The summed E-state index contributed by atoms with van der Waals surface area (Å²) >= 11 is 0. The minimum atomic E-state index is -2.64. The van der Waals surface area contributed by atoms with Crippen molar-refractivity contribution in [3.8, 4) is 11.1 Å². The van der Waals surface area contributed by atoms with E-state index >= 15 is 0 Å². The van der Waals surface area contributed by atoms with Crippen molar-refractivity contribution in [2.45, 2.75) is 26.0 Å². The molecule has 1 atom stereocenters. The number of ether oxygens (including phenoxy) is 1. The van der Waals surface area contributed by atoms with E-state index in [0.717, 1.165) is 35.5 Å². The highest BCUT2D eigenvalue weighted by atomic mass is 19.3. The number of nitrogens with zero attached hydrogens (tertiary/aromatic N) is 4. The summed E-state index contributed by atoms with van der Waals surface area (Å²) in [4.78, 5) is 7.89. The molecule has 2 N–H and O–H groups in total. The van der Waals surface area contributed by atoms with Crippen LogP contribution in [0.3, 0.4) is 0 Å². The van der Waals surface area contributed by atoms with E-state index in [-0.39, 0.29) is 17.7 Å². The molecule has 0 saturated carbocycles. The standard InChI is InChI=1S/C20H22F2N6O/c1-13-6-14(15-9-25-28(11-15)12-17-10-23-4-5-29-17)8-16(7-13)26-20-24-3-2-18(27-20)19(21)22/h2-3,6-9,11,17,19,23H,4-5,10,12H2,1H3,(H,24,26,27)/t17-/m0/s1. The summed E-state index contributed by atoms with van der Waals surface area (Å²) in [6.07, 6.45) is 2.57. The molecule has 0 radical (unpaired) electrons. The van der Waals surface area contributed by atoms with E-state index in [1.54, 1.807) is 0 Å². The van der Waals surface area contributed by atoms with Gasteiger partial charge in [-0.15, -0.1) is 0 Å². The number of hydrogen-bond donors (Lipinski definition) is 2. The van der Waals surface area contributed by atoms with Crippen LogP contribution in [0.15, 0.2) is 42.9 Å². The van der Waals surface area contributed by atoms with Gasteiger partial charge in [-0.25, -0.2) is 18.7 Å². The van der Waals surface area contributed by atoms with Gasteiger partial charge < -0.3 is 15.4 Å². The molecular weight excluding hydrogens is 378 g/mol. The summed E-state index contributed by atoms with van der Waals surface area (Å²) in [5.74, 6) is 0.136. The average molecular weight is 400 g/mol. The van der Waals surface area contributed by atoms with Crippen molar-refractivity contribution in [2.75, 3.05) is 25.0 Å². The third-order valence-electron chi connectivity index (χ3n) is 4.60. The number of anilines is 2. The summed E-state index contributed by atoms with van der Waals surface area (Å²) in [6.45, 7) is 5.05. The molecule has 0 spiro atoms. The molecule has 1 aliphatic heterocycles. The van der Waals surface area contributed by atoms with Crippen LogP contribution in [0.25, 0.3) is 11.1 Å². The highest BCUT2D eigenvalue weighted by Gasteiger charge is 2.15. The lowest BCUT2D eigenvalue weighted by Crippen LogP contribution is -2.40. The van der Waals surface area contributed by atoms with E-state index in [1.165, 1.54) is 12.3 Å². The van der Waals surface area contributed by atoms with Gasteiger partial charge in [-0.2, -0.15) is 5.10 Å². The number of halogens is 2. The molecule has 1 aliphatic rings. The molecular formula is C20H22F2N6O. The summed E-state index contributed by atoms with van der Waals surface area (Å²) in [5.41, 5.74) is 3.35. The van der Waals surface area contributed by atoms with E-state index in [0.29, 0.717) is 13.2 Å². The number of hydrogen-bond acceptors (Lipinski definition) is 6. The average Bonchev–Trinajstić information content (AvgIpc) is 3.17. The van der Waals surface area contributed by atoms with Crippen molar-refractivity contribution < 1.29 is 13.5 Å². The lowest BCUT2D eigenvalue weighted by molar-refractivity contribution is 0.0161. The molecule has 2 aromatic heterocycles. The largest absolute Gasteiger partial charge is 0.374 e. The molecule has 0 unspecified atom stereocenters. The second-order valence-electron chi connectivity index (χ2n) is 6.97. The fourth-order valence-corrected chi connectivity index (χ4v) is 3.26. The monoisotopic (exact) mass is 400 g/mol. The number of nitrogens with one attached hydrogen (secondary N) is 2. The van der Waals surface area contributed by atoms with Gasteiger partial charge in [0.15, 0.2) is 0 Å². The van der Waals surface area contributed by atoms with Gasteiger partial charge in [-0.1, -0.05) is 6.07 Å². The van der Waals surface area contributed by atoms with Gasteiger partial charge in [0.05, 0.1) is 25.5 Å². The van der Waals surface area contributed by atoms with Gasteiger partial charge in [0, 0.05) is 36.7 Å². The highest BCUT2D eigenvalue weighted by Crippen LogP contribution is 2.26. The van der Waals surface area contributed by atoms with Crippen LogP contribution in [-0.2, 0) is 11.3 Å². The lowest BCUT2D eigenvalue weighted by Gasteiger charge is -2.23. The Morgan fingerprint density at radius 2 is 2.21 bits per heavy atom. The molecule has 3 aromatic rings. The minimum Gasteiger partial charge on any atom is -0.374 e. The fourth-order valence-electron chi connectivity index (χ4n) is 3.26. The zero-order valence-corrected chi connectivity index (χ0v) is 16.0.